The van der Waals surface area contributed by atoms with Crippen LogP contribution < -0.4 is 5.32 Å². The fourth-order valence-corrected chi connectivity index (χ4v) is 1.73. The topological polar surface area (TPSA) is 47.7 Å². The summed E-state index contributed by atoms with van der Waals surface area (Å²) in [6, 6.07) is 2.27. The summed E-state index contributed by atoms with van der Waals surface area (Å²) in [4.78, 5) is 4.28. The molecule has 2 heterocycles. The molecule has 1 unspecified atom stereocenters. The van der Waals surface area contributed by atoms with E-state index in [2.05, 4.69) is 33.8 Å². The van der Waals surface area contributed by atoms with Crippen LogP contribution >= 0.6 is 0 Å². The van der Waals surface area contributed by atoms with E-state index in [4.69, 9.17) is 0 Å². The molecule has 0 radical (unpaired) electrons. The molecular formula is C11H17N5. The molecule has 2 aromatic rings. The molecule has 2 aromatic heterocycles. The molecule has 0 saturated heterocycles. The lowest BCUT2D eigenvalue weighted by Gasteiger charge is -2.16. The zero-order chi connectivity index (χ0) is 11.4. The van der Waals surface area contributed by atoms with Crippen LogP contribution in [0.1, 0.15) is 19.9 Å². The van der Waals surface area contributed by atoms with Gasteiger partial charge < -0.3 is 9.88 Å². The van der Waals surface area contributed by atoms with Crippen molar-refractivity contribution in [2.45, 2.75) is 26.4 Å². The molecule has 86 valence electrons. The highest BCUT2D eigenvalue weighted by molar-refractivity contribution is 5.26. The van der Waals surface area contributed by atoms with Crippen LogP contribution in [-0.4, -0.2) is 25.9 Å². The van der Waals surface area contributed by atoms with Gasteiger partial charge in [-0.15, -0.1) is 0 Å². The molecule has 0 amide bonds. The summed E-state index contributed by atoms with van der Waals surface area (Å²) < 4.78 is 4.06. The van der Waals surface area contributed by atoms with E-state index in [-0.39, 0.29) is 0 Å². The van der Waals surface area contributed by atoms with Gasteiger partial charge in [0.05, 0.1) is 12.6 Å². The van der Waals surface area contributed by atoms with E-state index in [0.29, 0.717) is 6.04 Å². The predicted octanol–water partition coefficient (Wildman–Crippen LogP) is 1.77. The first-order valence-corrected chi connectivity index (χ1v) is 5.55. The molecule has 0 bridgehead atoms. The smallest absolute Gasteiger partial charge is 0.203 e. The van der Waals surface area contributed by atoms with Gasteiger partial charge in [-0.2, -0.15) is 5.10 Å². The molecule has 0 saturated carbocycles. The fourth-order valence-electron chi connectivity index (χ4n) is 1.73. The van der Waals surface area contributed by atoms with Crippen molar-refractivity contribution in [3.05, 3.63) is 30.9 Å². The Hall–Kier alpha value is -1.78. The van der Waals surface area contributed by atoms with Gasteiger partial charge in [-0.3, -0.25) is 4.68 Å². The second-order valence-electron chi connectivity index (χ2n) is 3.77. The molecule has 0 aliphatic rings. The first-order chi connectivity index (χ1) is 7.81. The van der Waals surface area contributed by atoms with Gasteiger partial charge in [0, 0.05) is 31.3 Å². The van der Waals surface area contributed by atoms with Gasteiger partial charge in [0.15, 0.2) is 0 Å². The Morgan fingerprint density at radius 2 is 2.25 bits per heavy atom. The van der Waals surface area contributed by atoms with Crippen LogP contribution in [0.25, 0.3) is 0 Å². The van der Waals surface area contributed by atoms with Crippen LogP contribution in [0.4, 0.5) is 5.95 Å². The second kappa shape index (κ2) is 4.83. The summed E-state index contributed by atoms with van der Waals surface area (Å²) in [5.41, 5.74) is 0. The monoisotopic (exact) mass is 219 g/mol. The lowest BCUT2D eigenvalue weighted by Crippen LogP contribution is -2.15. The number of rotatable bonds is 5. The number of imidazole rings is 1. The maximum Gasteiger partial charge on any atom is 0.203 e. The maximum absolute atomic E-state index is 4.28. The van der Waals surface area contributed by atoms with Gasteiger partial charge in [-0.25, -0.2) is 4.98 Å². The Balaban J connectivity index is 2.08. The van der Waals surface area contributed by atoms with Crippen LogP contribution in [0.3, 0.4) is 0 Å². The number of aromatic nitrogens is 4. The number of nitrogens with one attached hydrogen (secondary N) is 1. The van der Waals surface area contributed by atoms with Gasteiger partial charge in [-0.05, 0) is 19.9 Å². The van der Waals surface area contributed by atoms with Crippen LogP contribution in [0.5, 0.6) is 0 Å². The summed E-state index contributed by atoms with van der Waals surface area (Å²) in [6.07, 6.45) is 7.58. The molecule has 0 fully saturated rings. The molecular weight excluding hydrogens is 202 g/mol. The summed E-state index contributed by atoms with van der Waals surface area (Å²) >= 11 is 0. The quantitative estimate of drug-likeness (QED) is 0.833. The number of nitrogens with zero attached hydrogens (tertiary/aromatic N) is 4. The van der Waals surface area contributed by atoms with Crippen molar-refractivity contribution >= 4 is 5.95 Å². The second-order valence-corrected chi connectivity index (χ2v) is 3.77. The highest BCUT2D eigenvalue weighted by Gasteiger charge is 2.09. The molecule has 16 heavy (non-hydrogen) atoms. The zero-order valence-corrected chi connectivity index (χ0v) is 9.67. The average Bonchev–Trinajstić information content (AvgIpc) is 2.89. The Kier molecular flexibility index (Phi) is 3.24. The number of hydrogen-bond donors (Lipinski definition) is 1. The predicted molar refractivity (Wildman–Crippen MR) is 63.3 cm³/mol. The van der Waals surface area contributed by atoms with E-state index < -0.39 is 0 Å². The SMILES string of the molecule is CCNc1nccn1C(C)Cn1cccn1. The lowest BCUT2D eigenvalue weighted by atomic mass is 10.3. The summed E-state index contributed by atoms with van der Waals surface area (Å²) in [5, 5.41) is 7.44. The van der Waals surface area contributed by atoms with E-state index in [0.717, 1.165) is 19.0 Å². The van der Waals surface area contributed by atoms with Gasteiger partial charge in [0.1, 0.15) is 0 Å². The molecule has 0 spiro atoms. The molecule has 2 rings (SSSR count). The highest BCUT2D eigenvalue weighted by Crippen LogP contribution is 2.14. The van der Waals surface area contributed by atoms with E-state index in [1.807, 2.05) is 29.3 Å². The molecule has 0 aliphatic heterocycles. The molecule has 1 N–H and O–H groups in total. The normalized spacial score (nSPS) is 12.6. The average molecular weight is 219 g/mol. The largest absolute Gasteiger partial charge is 0.356 e. The van der Waals surface area contributed by atoms with Crippen molar-refractivity contribution in [3.8, 4) is 0 Å². The molecule has 0 aromatic carbocycles. The van der Waals surface area contributed by atoms with Crippen molar-refractivity contribution < 1.29 is 0 Å². The number of anilines is 1. The van der Waals surface area contributed by atoms with Crippen LogP contribution in [0, 0.1) is 0 Å². The fraction of sp³-hybridized carbons (Fsp3) is 0.455. The molecule has 5 nitrogen and oxygen atoms in total. The first-order valence-electron chi connectivity index (χ1n) is 5.55. The standard InChI is InChI=1S/C11H17N5/c1-3-12-11-13-6-8-16(11)10(2)9-15-7-4-5-14-15/h4-8,10H,3,9H2,1-2H3,(H,12,13). The molecule has 0 aliphatic carbocycles. The third kappa shape index (κ3) is 2.24. The van der Waals surface area contributed by atoms with Crippen molar-refractivity contribution in [1.29, 1.82) is 0 Å². The third-order valence-corrected chi connectivity index (χ3v) is 2.49. The Morgan fingerprint density at radius 3 is 2.94 bits per heavy atom. The van der Waals surface area contributed by atoms with E-state index in [9.17, 15) is 0 Å². The molecule has 5 heteroatoms. The Labute approximate surface area is 95.1 Å². The van der Waals surface area contributed by atoms with E-state index in [1.165, 1.54) is 0 Å². The van der Waals surface area contributed by atoms with Crippen LogP contribution in [0.2, 0.25) is 0 Å². The van der Waals surface area contributed by atoms with Gasteiger partial charge in [0.2, 0.25) is 5.95 Å². The lowest BCUT2D eigenvalue weighted by molar-refractivity contribution is 0.440. The first kappa shape index (κ1) is 10.7. The van der Waals surface area contributed by atoms with Gasteiger partial charge in [0.25, 0.3) is 0 Å². The Morgan fingerprint density at radius 1 is 1.38 bits per heavy atom. The van der Waals surface area contributed by atoms with Gasteiger partial charge >= 0.3 is 0 Å². The van der Waals surface area contributed by atoms with Crippen molar-refractivity contribution in [2.75, 3.05) is 11.9 Å². The molecule has 1 atom stereocenters. The minimum Gasteiger partial charge on any atom is -0.356 e. The van der Waals surface area contributed by atoms with E-state index in [1.54, 1.807) is 6.20 Å². The van der Waals surface area contributed by atoms with Crippen LogP contribution in [-0.2, 0) is 6.54 Å². The van der Waals surface area contributed by atoms with Gasteiger partial charge in [-0.1, -0.05) is 0 Å². The summed E-state index contributed by atoms with van der Waals surface area (Å²) in [5.74, 6) is 0.919. The number of hydrogen-bond acceptors (Lipinski definition) is 3. The van der Waals surface area contributed by atoms with Crippen molar-refractivity contribution in [2.24, 2.45) is 0 Å². The highest BCUT2D eigenvalue weighted by atomic mass is 15.3. The van der Waals surface area contributed by atoms with Crippen molar-refractivity contribution in [1.82, 2.24) is 19.3 Å². The summed E-state index contributed by atoms with van der Waals surface area (Å²) in [6.45, 7) is 5.95. The maximum atomic E-state index is 4.28. The minimum atomic E-state index is 0.330. The third-order valence-electron chi connectivity index (χ3n) is 2.49. The van der Waals surface area contributed by atoms with Crippen molar-refractivity contribution in [3.63, 3.8) is 0 Å². The Bertz CT molecular complexity index is 417. The van der Waals surface area contributed by atoms with E-state index >= 15 is 0 Å². The van der Waals surface area contributed by atoms with Crippen LogP contribution in [0.15, 0.2) is 30.9 Å². The summed E-state index contributed by atoms with van der Waals surface area (Å²) in [7, 11) is 0. The zero-order valence-electron chi connectivity index (χ0n) is 9.67. The minimum absolute atomic E-state index is 0.330.